The molecule has 1 fully saturated rings. The van der Waals surface area contributed by atoms with Crippen molar-refractivity contribution in [2.75, 3.05) is 19.6 Å². The van der Waals surface area contributed by atoms with Crippen molar-refractivity contribution in [1.29, 1.82) is 0 Å². The molecule has 0 aromatic rings. The van der Waals surface area contributed by atoms with Gasteiger partial charge in [-0.15, -0.1) is 0 Å². The third kappa shape index (κ3) is 8.22. The van der Waals surface area contributed by atoms with Gasteiger partial charge in [0, 0.05) is 25.7 Å². The van der Waals surface area contributed by atoms with E-state index < -0.39 is 27.5 Å². The minimum atomic E-state index is -4.02. The van der Waals surface area contributed by atoms with E-state index in [2.05, 4.69) is 0 Å². The smallest absolute Gasteiger partial charge is 0.422 e. The van der Waals surface area contributed by atoms with Crippen molar-refractivity contribution in [1.82, 2.24) is 13.9 Å². The molecular formula is C18H35N3O6S. The summed E-state index contributed by atoms with van der Waals surface area (Å²) in [4.78, 5) is 25.4. The van der Waals surface area contributed by atoms with Crippen LogP contribution in [-0.2, 0) is 19.7 Å². The number of ether oxygens (including phenoxy) is 2. The van der Waals surface area contributed by atoms with Gasteiger partial charge >= 0.3 is 22.4 Å². The lowest BCUT2D eigenvalue weighted by molar-refractivity contribution is -0.00291. The average molecular weight is 422 g/mol. The summed E-state index contributed by atoms with van der Waals surface area (Å²) in [6.45, 7) is 15.2. The topological polar surface area (TPSA) is 105 Å². The molecule has 2 amide bonds. The summed E-state index contributed by atoms with van der Waals surface area (Å²) in [6.07, 6.45) is -0.784. The minimum Gasteiger partial charge on any atom is -0.444 e. The van der Waals surface area contributed by atoms with Gasteiger partial charge in [0.1, 0.15) is 11.2 Å². The van der Waals surface area contributed by atoms with Gasteiger partial charge in [0.25, 0.3) is 0 Å². The van der Waals surface area contributed by atoms with E-state index in [0.717, 1.165) is 0 Å². The number of hydrogen-bond donors (Lipinski definition) is 1. The number of carbonyl (C=O) groups is 2. The molecule has 10 heteroatoms. The fourth-order valence-corrected chi connectivity index (χ4v) is 3.93. The molecule has 1 aliphatic rings. The molecule has 1 saturated heterocycles. The van der Waals surface area contributed by atoms with E-state index in [1.807, 2.05) is 25.5 Å². The van der Waals surface area contributed by atoms with Crippen LogP contribution in [0.4, 0.5) is 9.59 Å². The molecule has 1 N–H and O–H groups in total. The molecule has 0 aromatic heterocycles. The van der Waals surface area contributed by atoms with Crippen LogP contribution in [0.15, 0.2) is 0 Å². The molecule has 0 bridgehead atoms. The fourth-order valence-electron chi connectivity index (χ4n) is 2.66. The molecule has 1 heterocycles. The van der Waals surface area contributed by atoms with E-state index in [9.17, 15) is 18.0 Å². The van der Waals surface area contributed by atoms with Gasteiger partial charge in [-0.3, -0.25) is 0 Å². The fraction of sp³-hybridized carbons (Fsp3) is 0.889. The van der Waals surface area contributed by atoms with Crippen molar-refractivity contribution in [2.45, 2.75) is 79.1 Å². The first-order valence-corrected chi connectivity index (χ1v) is 10.9. The van der Waals surface area contributed by atoms with Gasteiger partial charge in [0.2, 0.25) is 0 Å². The van der Waals surface area contributed by atoms with Crippen LogP contribution in [0, 0.1) is 5.92 Å². The molecule has 164 valence electrons. The molecule has 0 radical (unpaired) electrons. The molecule has 0 spiro atoms. The van der Waals surface area contributed by atoms with E-state index in [0.29, 0.717) is 19.5 Å². The van der Waals surface area contributed by atoms with Crippen molar-refractivity contribution in [3.63, 3.8) is 0 Å². The third-order valence-corrected chi connectivity index (χ3v) is 5.51. The summed E-state index contributed by atoms with van der Waals surface area (Å²) in [5.74, 6) is 0.186. The quantitative estimate of drug-likeness (QED) is 0.707. The second kappa shape index (κ2) is 8.86. The second-order valence-electron chi connectivity index (χ2n) is 9.35. The predicted molar refractivity (Wildman–Crippen MR) is 106 cm³/mol. The van der Waals surface area contributed by atoms with Crippen LogP contribution >= 0.6 is 0 Å². The zero-order valence-electron chi connectivity index (χ0n) is 18.2. The van der Waals surface area contributed by atoms with E-state index in [4.69, 9.17) is 9.47 Å². The largest absolute Gasteiger partial charge is 0.444 e. The maximum absolute atomic E-state index is 12.5. The van der Waals surface area contributed by atoms with Crippen molar-refractivity contribution in [2.24, 2.45) is 5.92 Å². The summed E-state index contributed by atoms with van der Waals surface area (Å²) in [5, 5.41) is 0. The Kier molecular flexibility index (Phi) is 7.74. The zero-order valence-corrected chi connectivity index (χ0v) is 19.1. The summed E-state index contributed by atoms with van der Waals surface area (Å²) in [6, 6.07) is -0.332. The van der Waals surface area contributed by atoms with E-state index in [-0.39, 0.29) is 24.6 Å². The van der Waals surface area contributed by atoms with Crippen molar-refractivity contribution < 1.29 is 27.5 Å². The number of carbonyl (C=O) groups excluding carboxylic acids is 2. The van der Waals surface area contributed by atoms with Crippen molar-refractivity contribution in [3.8, 4) is 0 Å². The van der Waals surface area contributed by atoms with Crippen LogP contribution in [0.2, 0.25) is 0 Å². The van der Waals surface area contributed by atoms with Gasteiger partial charge in [0.15, 0.2) is 0 Å². The maximum atomic E-state index is 12.5. The molecular weight excluding hydrogens is 386 g/mol. The van der Waals surface area contributed by atoms with E-state index in [1.165, 1.54) is 4.31 Å². The number of amides is 2. The Morgan fingerprint density at radius 1 is 1.07 bits per heavy atom. The van der Waals surface area contributed by atoms with Crippen LogP contribution in [0.5, 0.6) is 0 Å². The number of rotatable bonds is 6. The highest BCUT2D eigenvalue weighted by molar-refractivity contribution is 7.87. The van der Waals surface area contributed by atoms with Crippen LogP contribution < -0.4 is 4.72 Å². The van der Waals surface area contributed by atoms with Crippen LogP contribution in [0.3, 0.4) is 0 Å². The lowest BCUT2D eigenvalue weighted by Crippen LogP contribution is -2.53. The van der Waals surface area contributed by atoms with Crippen molar-refractivity contribution >= 4 is 22.4 Å². The Morgan fingerprint density at radius 3 is 2.00 bits per heavy atom. The summed E-state index contributed by atoms with van der Waals surface area (Å²) in [7, 11) is -4.02. The first-order valence-electron chi connectivity index (χ1n) is 9.50. The van der Waals surface area contributed by atoms with Gasteiger partial charge in [-0.2, -0.15) is 12.7 Å². The van der Waals surface area contributed by atoms with E-state index in [1.54, 1.807) is 39.5 Å². The number of hydrogen-bond acceptors (Lipinski definition) is 6. The van der Waals surface area contributed by atoms with Gasteiger partial charge in [0.05, 0.1) is 0 Å². The lowest BCUT2D eigenvalue weighted by atomic mass is 9.97. The second-order valence-corrected chi connectivity index (χ2v) is 11.0. The zero-order chi connectivity index (χ0) is 21.9. The molecule has 28 heavy (non-hydrogen) atoms. The summed E-state index contributed by atoms with van der Waals surface area (Å²) in [5.41, 5.74) is -1.34. The standard InChI is InChI=1S/C18H35N3O6S/c1-13(2)21(28(24,25)19-15(22)26-17(3,4)5)10-9-14-11-20(12-14)16(23)27-18(6,7)8/h13-14H,9-12H2,1-8H3,(H,19,22). The average Bonchev–Trinajstić information content (AvgIpc) is 2.34. The van der Waals surface area contributed by atoms with Crippen molar-refractivity contribution in [3.05, 3.63) is 0 Å². The molecule has 0 saturated carbocycles. The Balaban J connectivity index is 2.56. The van der Waals surface area contributed by atoms with Gasteiger partial charge in [-0.1, -0.05) is 0 Å². The minimum absolute atomic E-state index is 0.186. The third-order valence-electron chi connectivity index (χ3n) is 3.86. The Morgan fingerprint density at radius 2 is 1.57 bits per heavy atom. The molecule has 0 atom stereocenters. The molecule has 0 aromatic carbocycles. The first kappa shape index (κ1) is 24.5. The van der Waals surface area contributed by atoms with E-state index >= 15 is 0 Å². The highest BCUT2D eigenvalue weighted by Crippen LogP contribution is 2.23. The number of nitrogens with zero attached hydrogens (tertiary/aromatic N) is 2. The molecule has 9 nitrogen and oxygen atoms in total. The first-order chi connectivity index (χ1) is 12.5. The normalized spacial score (nSPS) is 16.1. The highest BCUT2D eigenvalue weighted by atomic mass is 32.2. The Hall–Kier alpha value is -1.55. The molecule has 1 aliphatic heterocycles. The molecule has 0 aliphatic carbocycles. The molecule has 0 unspecified atom stereocenters. The summed E-state index contributed by atoms with van der Waals surface area (Å²) >= 11 is 0. The maximum Gasteiger partial charge on any atom is 0.422 e. The Labute approximate surface area is 168 Å². The van der Waals surface area contributed by atoms with Gasteiger partial charge < -0.3 is 14.4 Å². The predicted octanol–water partition coefficient (Wildman–Crippen LogP) is 2.72. The summed E-state index contributed by atoms with van der Waals surface area (Å²) < 4.78 is 38.6. The van der Waals surface area contributed by atoms with Crippen LogP contribution in [0.25, 0.3) is 0 Å². The number of likely N-dealkylation sites (tertiary alicyclic amines) is 1. The highest BCUT2D eigenvalue weighted by Gasteiger charge is 2.35. The SMILES string of the molecule is CC(C)N(CCC1CN(C(=O)OC(C)(C)C)C1)S(=O)(=O)NC(=O)OC(C)(C)C. The van der Waals surface area contributed by atoms with Crippen LogP contribution in [-0.4, -0.2) is 66.7 Å². The van der Waals surface area contributed by atoms with Crippen LogP contribution in [0.1, 0.15) is 61.8 Å². The molecule has 1 rings (SSSR count). The number of nitrogens with one attached hydrogen (secondary N) is 1. The van der Waals surface area contributed by atoms with Gasteiger partial charge in [-0.05, 0) is 67.7 Å². The monoisotopic (exact) mass is 421 g/mol. The lowest BCUT2D eigenvalue weighted by Gasteiger charge is -2.40. The van der Waals surface area contributed by atoms with Gasteiger partial charge in [-0.25, -0.2) is 14.3 Å². The Bertz CT molecular complexity index is 658.